The summed E-state index contributed by atoms with van der Waals surface area (Å²) in [5.74, 6) is 0.200. The van der Waals surface area contributed by atoms with Gasteiger partial charge in [0.1, 0.15) is 0 Å². The first kappa shape index (κ1) is 16.6. The highest BCUT2D eigenvalue weighted by Gasteiger charge is 2.05. The predicted molar refractivity (Wildman–Crippen MR) is 93.7 cm³/mol. The number of rotatable bonds is 5. The molecule has 1 heterocycles. The summed E-state index contributed by atoms with van der Waals surface area (Å²) in [5.41, 5.74) is 6.73. The van der Waals surface area contributed by atoms with Gasteiger partial charge in [0.25, 0.3) is 0 Å². The lowest BCUT2D eigenvalue weighted by atomic mass is 10.3. The van der Waals surface area contributed by atoms with Gasteiger partial charge in [-0.2, -0.15) is 9.97 Å². The Morgan fingerprint density at radius 1 is 1.04 bits per heavy atom. The van der Waals surface area contributed by atoms with Crippen LogP contribution >= 0.6 is 0 Å². The zero-order chi connectivity index (χ0) is 17.8. The van der Waals surface area contributed by atoms with Gasteiger partial charge in [0.2, 0.25) is 11.9 Å². The highest BCUT2D eigenvalue weighted by atomic mass is 32.2. The lowest BCUT2D eigenvalue weighted by molar-refractivity contribution is 0.537. The molecule has 2 aromatic carbocycles. The Hall–Kier alpha value is -3.24. The number of nitrogens with zero attached hydrogens (tertiary/aromatic N) is 2. The summed E-state index contributed by atoms with van der Waals surface area (Å²) in [7, 11) is 0. The zero-order valence-electron chi connectivity index (χ0n) is 12.7. The van der Waals surface area contributed by atoms with Gasteiger partial charge in [-0.1, -0.05) is 6.07 Å². The first-order valence-electron chi connectivity index (χ1n) is 7.07. The fourth-order valence-electron chi connectivity index (χ4n) is 2.01. The number of H-pyrrole nitrogens is 1. The van der Waals surface area contributed by atoms with Crippen molar-refractivity contribution >= 4 is 40.0 Å². The van der Waals surface area contributed by atoms with Crippen molar-refractivity contribution in [3.8, 4) is 0 Å². The van der Waals surface area contributed by atoms with Crippen LogP contribution in [0.25, 0.3) is 0 Å². The maximum Gasteiger partial charge on any atom is 0.351 e. The Bertz CT molecular complexity index is 974. The number of nitrogens with two attached hydrogens (primary N) is 1. The van der Waals surface area contributed by atoms with Crippen LogP contribution in [0.5, 0.6) is 0 Å². The van der Waals surface area contributed by atoms with E-state index in [1.165, 1.54) is 12.1 Å². The Balaban J connectivity index is 1.84. The quantitative estimate of drug-likeness (QED) is 0.396. The Kier molecular flexibility index (Phi) is 4.73. The van der Waals surface area contributed by atoms with Crippen molar-refractivity contribution in [2.24, 2.45) is 0 Å². The highest BCUT2D eigenvalue weighted by Crippen LogP contribution is 2.18. The number of hydrogen-bond donors (Lipinski definition) is 4. The molecular weight excluding hydrogens is 344 g/mol. The van der Waals surface area contributed by atoms with E-state index in [-0.39, 0.29) is 16.8 Å². The van der Waals surface area contributed by atoms with E-state index in [1.54, 1.807) is 36.4 Å². The van der Waals surface area contributed by atoms with E-state index in [4.69, 9.17) is 5.73 Å². The molecule has 128 valence electrons. The third-order valence-corrected chi connectivity index (χ3v) is 3.75. The fourth-order valence-corrected chi connectivity index (χ4v) is 2.42. The van der Waals surface area contributed by atoms with Gasteiger partial charge < -0.3 is 20.9 Å². The molecule has 0 radical (unpaired) electrons. The number of benzene rings is 2. The molecule has 3 aromatic rings. The van der Waals surface area contributed by atoms with Crippen molar-refractivity contribution in [1.29, 1.82) is 0 Å². The van der Waals surface area contributed by atoms with Crippen molar-refractivity contribution in [3.63, 3.8) is 0 Å². The van der Waals surface area contributed by atoms with Crippen LogP contribution in [0.2, 0.25) is 0 Å². The van der Waals surface area contributed by atoms with Crippen LogP contribution in [-0.2, 0) is 11.1 Å². The van der Waals surface area contributed by atoms with Crippen molar-refractivity contribution in [1.82, 2.24) is 15.0 Å². The molecule has 10 heteroatoms. The Labute approximate surface area is 144 Å². The smallest absolute Gasteiger partial charge is 0.351 e. The van der Waals surface area contributed by atoms with Gasteiger partial charge in [0.05, 0.1) is 0 Å². The van der Waals surface area contributed by atoms with Crippen molar-refractivity contribution in [3.05, 3.63) is 59.0 Å². The molecule has 0 amide bonds. The van der Waals surface area contributed by atoms with Crippen molar-refractivity contribution in [2.75, 3.05) is 16.4 Å². The molecule has 25 heavy (non-hydrogen) atoms. The molecule has 9 nitrogen and oxygen atoms in total. The molecule has 0 aliphatic rings. The first-order valence-corrected chi connectivity index (χ1v) is 8.14. The van der Waals surface area contributed by atoms with Crippen LogP contribution in [0.15, 0.2) is 58.2 Å². The molecule has 0 bridgehead atoms. The largest absolute Gasteiger partial charge is 0.768 e. The van der Waals surface area contributed by atoms with E-state index in [0.29, 0.717) is 17.1 Å². The number of aromatic amines is 1. The van der Waals surface area contributed by atoms with Gasteiger partial charge in [-0.05, 0) is 53.5 Å². The van der Waals surface area contributed by atoms with Crippen LogP contribution in [0.1, 0.15) is 0 Å². The summed E-state index contributed by atoms with van der Waals surface area (Å²) in [4.78, 5) is 22.1. The molecule has 1 atom stereocenters. The summed E-state index contributed by atoms with van der Waals surface area (Å²) in [6.07, 6.45) is 0. The standard InChI is InChI=1S/C15H14N6O3S/c16-9-4-6-10(7-5-9)17-13-19-14(21-15(22)20-13)18-11-2-1-3-12(8-11)25(23)24/h1-8H,16H2,(H,23,24)(H3,17,18,19,20,21,22)/p-1. The molecule has 3 rings (SSSR count). The molecule has 5 N–H and O–H groups in total. The number of hydrogen-bond acceptors (Lipinski definition) is 8. The number of nitrogens with one attached hydrogen (secondary N) is 3. The number of nitrogen functional groups attached to an aromatic ring is 1. The van der Waals surface area contributed by atoms with Crippen LogP contribution < -0.4 is 22.1 Å². The van der Waals surface area contributed by atoms with Crippen LogP contribution in [0.4, 0.5) is 29.0 Å². The molecule has 0 aliphatic heterocycles. The topological polar surface area (TPSA) is 149 Å². The van der Waals surface area contributed by atoms with Crippen LogP contribution in [0.3, 0.4) is 0 Å². The molecule has 0 saturated heterocycles. The first-order chi connectivity index (χ1) is 12.0. The lowest BCUT2D eigenvalue weighted by Crippen LogP contribution is -2.16. The molecule has 1 unspecified atom stereocenters. The van der Waals surface area contributed by atoms with Gasteiger partial charge in [-0.25, -0.2) is 4.79 Å². The second-order valence-electron chi connectivity index (χ2n) is 4.96. The number of aromatic nitrogens is 3. The second-order valence-corrected chi connectivity index (χ2v) is 5.90. The summed E-state index contributed by atoms with van der Waals surface area (Å²) >= 11 is -2.35. The van der Waals surface area contributed by atoms with E-state index in [1.807, 2.05) is 0 Å². The summed E-state index contributed by atoms with van der Waals surface area (Å²) in [6.45, 7) is 0. The summed E-state index contributed by atoms with van der Waals surface area (Å²) in [5, 5.41) is 5.73. The fraction of sp³-hybridized carbons (Fsp3) is 0. The number of anilines is 5. The lowest BCUT2D eigenvalue weighted by Gasteiger charge is -2.10. The van der Waals surface area contributed by atoms with Crippen LogP contribution in [0, 0.1) is 0 Å². The Morgan fingerprint density at radius 3 is 2.52 bits per heavy atom. The Morgan fingerprint density at radius 2 is 1.80 bits per heavy atom. The SMILES string of the molecule is Nc1ccc(Nc2nc(Nc3cccc(S(=O)[O-])c3)[nH]c(=O)n2)cc1. The molecule has 0 fully saturated rings. The van der Waals surface area contributed by atoms with E-state index in [2.05, 4.69) is 25.6 Å². The average molecular weight is 357 g/mol. The average Bonchev–Trinajstić information content (AvgIpc) is 2.57. The van der Waals surface area contributed by atoms with E-state index in [0.717, 1.165) is 0 Å². The molecular formula is C15H13N6O3S-. The monoisotopic (exact) mass is 357 g/mol. The maximum atomic E-state index is 11.7. The van der Waals surface area contributed by atoms with Crippen LogP contribution in [-0.4, -0.2) is 23.7 Å². The van der Waals surface area contributed by atoms with E-state index in [9.17, 15) is 13.6 Å². The minimum atomic E-state index is -2.35. The van der Waals surface area contributed by atoms with Gasteiger partial charge >= 0.3 is 5.69 Å². The minimum Gasteiger partial charge on any atom is -0.768 e. The second kappa shape index (κ2) is 7.11. The van der Waals surface area contributed by atoms with Crippen molar-refractivity contribution in [2.45, 2.75) is 4.90 Å². The third-order valence-electron chi connectivity index (χ3n) is 3.11. The predicted octanol–water partition coefficient (Wildman–Crippen LogP) is 1.47. The zero-order valence-corrected chi connectivity index (χ0v) is 13.5. The van der Waals surface area contributed by atoms with E-state index >= 15 is 0 Å². The highest BCUT2D eigenvalue weighted by molar-refractivity contribution is 7.79. The molecule has 0 aliphatic carbocycles. The van der Waals surface area contributed by atoms with Gasteiger partial charge in [-0.15, -0.1) is 0 Å². The maximum absolute atomic E-state index is 11.7. The van der Waals surface area contributed by atoms with Gasteiger partial charge in [0.15, 0.2) is 0 Å². The normalized spacial score (nSPS) is 11.7. The minimum absolute atomic E-state index is 0.0829. The molecule has 0 saturated carbocycles. The summed E-state index contributed by atoms with van der Waals surface area (Å²) in [6, 6.07) is 12.9. The third kappa shape index (κ3) is 4.40. The van der Waals surface area contributed by atoms with E-state index < -0.39 is 16.8 Å². The molecule has 0 spiro atoms. The van der Waals surface area contributed by atoms with Crippen molar-refractivity contribution < 1.29 is 8.76 Å². The van der Waals surface area contributed by atoms with Gasteiger partial charge in [-0.3, -0.25) is 9.19 Å². The molecule has 1 aromatic heterocycles. The van der Waals surface area contributed by atoms with Gasteiger partial charge in [0, 0.05) is 22.0 Å². The summed E-state index contributed by atoms with van der Waals surface area (Å²) < 4.78 is 22.0.